The molecule has 1 aromatic heterocycles. The smallest absolute Gasteiger partial charge is 0.0518 e. The van der Waals surface area contributed by atoms with Crippen LogP contribution in [0.15, 0.2) is 12.3 Å². The zero-order chi connectivity index (χ0) is 11.1. The monoisotopic (exact) mass is 247 g/mol. The summed E-state index contributed by atoms with van der Waals surface area (Å²) in [6.45, 7) is 6.80. The fraction of sp³-hybridized carbons (Fsp3) is 0.727. The Bertz CT molecular complexity index is 276. The largest absolute Gasteiger partial charge is 0.379 e. The van der Waals surface area contributed by atoms with Gasteiger partial charge in [0.15, 0.2) is 0 Å². The average Bonchev–Trinajstić information content (AvgIpc) is 2.57. The molecule has 0 aliphatic heterocycles. The fourth-order valence-electron chi connectivity index (χ4n) is 1.31. The predicted octanol–water partition coefficient (Wildman–Crippen LogP) is 1.75. The maximum absolute atomic E-state index is 5.45. The van der Waals surface area contributed by atoms with Crippen molar-refractivity contribution in [1.29, 1.82) is 0 Å². The Hall–Kier alpha value is -0.580. The Morgan fingerprint density at radius 1 is 1.50 bits per heavy atom. The van der Waals surface area contributed by atoms with Crippen LogP contribution in [0.3, 0.4) is 0 Å². The summed E-state index contributed by atoms with van der Waals surface area (Å²) in [5, 5.41) is 7.47. The number of nitrogens with zero attached hydrogens (tertiary/aromatic N) is 2. The number of ether oxygens (including phenoxy) is 1. The van der Waals surface area contributed by atoms with Gasteiger partial charge in [-0.15, -0.1) is 12.4 Å². The summed E-state index contributed by atoms with van der Waals surface area (Å²) in [7, 11) is 1.96. The molecule has 0 aromatic carbocycles. The van der Waals surface area contributed by atoms with Crippen LogP contribution in [-0.2, 0) is 18.3 Å². The van der Waals surface area contributed by atoms with E-state index in [2.05, 4.69) is 24.3 Å². The maximum atomic E-state index is 5.45. The molecule has 94 valence electrons. The number of hydrogen-bond acceptors (Lipinski definition) is 3. The molecule has 1 rings (SSSR count). The summed E-state index contributed by atoms with van der Waals surface area (Å²) in [5.74, 6) is 0. The van der Waals surface area contributed by atoms with E-state index in [1.165, 1.54) is 5.69 Å². The van der Waals surface area contributed by atoms with Gasteiger partial charge in [-0.3, -0.25) is 4.68 Å². The van der Waals surface area contributed by atoms with Crippen molar-refractivity contribution in [3.05, 3.63) is 18.0 Å². The van der Waals surface area contributed by atoms with Crippen LogP contribution >= 0.6 is 12.4 Å². The van der Waals surface area contributed by atoms with Gasteiger partial charge in [-0.2, -0.15) is 5.10 Å². The molecule has 5 heteroatoms. The van der Waals surface area contributed by atoms with Gasteiger partial charge in [0.25, 0.3) is 0 Å². The topological polar surface area (TPSA) is 39.1 Å². The quantitative estimate of drug-likeness (QED) is 0.747. The molecule has 0 fully saturated rings. The van der Waals surface area contributed by atoms with Crippen molar-refractivity contribution >= 4 is 12.4 Å². The summed E-state index contributed by atoms with van der Waals surface area (Å²) in [5.41, 5.74) is 1.21. The second kappa shape index (κ2) is 8.56. The predicted molar refractivity (Wildman–Crippen MR) is 67.9 cm³/mol. The first-order valence-electron chi connectivity index (χ1n) is 5.49. The summed E-state index contributed by atoms with van der Waals surface area (Å²) < 4.78 is 7.33. The molecular weight excluding hydrogens is 226 g/mol. The van der Waals surface area contributed by atoms with Gasteiger partial charge in [0.1, 0.15) is 0 Å². The van der Waals surface area contributed by atoms with Crippen LogP contribution in [0.4, 0.5) is 0 Å². The summed E-state index contributed by atoms with van der Waals surface area (Å²) >= 11 is 0. The van der Waals surface area contributed by atoms with E-state index in [9.17, 15) is 0 Å². The molecule has 4 nitrogen and oxygen atoms in total. The zero-order valence-electron chi connectivity index (χ0n) is 10.3. The lowest BCUT2D eigenvalue weighted by molar-refractivity contribution is 0.0770. The number of aromatic nitrogens is 2. The van der Waals surface area contributed by atoms with Crippen molar-refractivity contribution in [1.82, 2.24) is 15.1 Å². The lowest BCUT2D eigenvalue weighted by Gasteiger charge is -2.08. The second-order valence-corrected chi connectivity index (χ2v) is 3.90. The van der Waals surface area contributed by atoms with E-state index in [1.54, 1.807) is 0 Å². The molecule has 0 aliphatic rings. The van der Waals surface area contributed by atoms with Crippen molar-refractivity contribution in [3.8, 4) is 0 Å². The molecule has 0 unspecified atom stereocenters. The van der Waals surface area contributed by atoms with Crippen LogP contribution in [0.2, 0.25) is 0 Å². The molecule has 1 aromatic rings. The van der Waals surface area contributed by atoms with E-state index in [0.717, 1.165) is 26.1 Å². The van der Waals surface area contributed by atoms with Crippen molar-refractivity contribution in [2.24, 2.45) is 7.05 Å². The Balaban J connectivity index is 0.00000225. The van der Waals surface area contributed by atoms with Crippen molar-refractivity contribution in [3.63, 3.8) is 0 Å². The van der Waals surface area contributed by atoms with Crippen LogP contribution in [-0.4, -0.2) is 29.0 Å². The van der Waals surface area contributed by atoms with E-state index in [4.69, 9.17) is 4.74 Å². The van der Waals surface area contributed by atoms with Gasteiger partial charge in [-0.05, 0) is 32.9 Å². The zero-order valence-corrected chi connectivity index (χ0v) is 11.1. The Morgan fingerprint density at radius 2 is 2.25 bits per heavy atom. The van der Waals surface area contributed by atoms with E-state index in [0.29, 0.717) is 6.10 Å². The van der Waals surface area contributed by atoms with Gasteiger partial charge in [0, 0.05) is 26.4 Å². The molecular formula is C11H22ClN3O. The molecule has 16 heavy (non-hydrogen) atoms. The van der Waals surface area contributed by atoms with Gasteiger partial charge in [-0.25, -0.2) is 0 Å². The molecule has 0 spiro atoms. The lowest BCUT2D eigenvalue weighted by Crippen LogP contribution is -2.18. The van der Waals surface area contributed by atoms with Crippen LogP contribution in [0.5, 0.6) is 0 Å². The highest BCUT2D eigenvalue weighted by molar-refractivity contribution is 5.85. The van der Waals surface area contributed by atoms with E-state index in [1.807, 2.05) is 24.0 Å². The molecule has 1 heterocycles. The Labute approximate surface area is 104 Å². The van der Waals surface area contributed by atoms with E-state index >= 15 is 0 Å². The second-order valence-electron chi connectivity index (χ2n) is 3.90. The first-order valence-corrected chi connectivity index (χ1v) is 5.49. The molecule has 0 amide bonds. The summed E-state index contributed by atoms with van der Waals surface area (Å²) in [4.78, 5) is 0. The molecule has 0 aliphatic carbocycles. The third-order valence-electron chi connectivity index (χ3n) is 2.18. The minimum atomic E-state index is 0. The number of halogens is 1. The minimum absolute atomic E-state index is 0. The fourth-order valence-corrected chi connectivity index (χ4v) is 1.31. The standard InChI is InChI=1S/C11H21N3O.ClH/c1-10(2)15-8-4-6-12-9-11-5-7-13-14(11)3;/h5,7,10,12H,4,6,8-9H2,1-3H3;1H. The number of rotatable bonds is 7. The van der Waals surface area contributed by atoms with Crippen molar-refractivity contribution < 1.29 is 4.74 Å². The molecule has 1 N–H and O–H groups in total. The van der Waals surface area contributed by atoms with Gasteiger partial charge in [0.2, 0.25) is 0 Å². The minimum Gasteiger partial charge on any atom is -0.379 e. The van der Waals surface area contributed by atoms with E-state index in [-0.39, 0.29) is 12.4 Å². The van der Waals surface area contributed by atoms with E-state index < -0.39 is 0 Å². The lowest BCUT2D eigenvalue weighted by atomic mass is 10.4. The Kier molecular flexibility index (Phi) is 8.25. The first kappa shape index (κ1) is 15.4. The van der Waals surface area contributed by atoms with Gasteiger partial charge >= 0.3 is 0 Å². The van der Waals surface area contributed by atoms with Crippen LogP contribution < -0.4 is 5.32 Å². The maximum Gasteiger partial charge on any atom is 0.0518 e. The van der Waals surface area contributed by atoms with Crippen molar-refractivity contribution in [2.45, 2.75) is 32.9 Å². The molecule has 0 bridgehead atoms. The molecule has 0 saturated carbocycles. The summed E-state index contributed by atoms with van der Waals surface area (Å²) in [6, 6.07) is 2.03. The number of nitrogens with one attached hydrogen (secondary N) is 1. The van der Waals surface area contributed by atoms with Gasteiger partial charge < -0.3 is 10.1 Å². The van der Waals surface area contributed by atoms with Crippen molar-refractivity contribution in [2.75, 3.05) is 13.2 Å². The van der Waals surface area contributed by atoms with Crippen LogP contribution in [0.1, 0.15) is 26.0 Å². The average molecular weight is 248 g/mol. The number of hydrogen-bond donors (Lipinski definition) is 1. The highest BCUT2D eigenvalue weighted by Gasteiger charge is 1.97. The highest BCUT2D eigenvalue weighted by Crippen LogP contribution is 1.95. The molecule has 0 radical (unpaired) electrons. The summed E-state index contributed by atoms with van der Waals surface area (Å²) in [6.07, 6.45) is 3.21. The Morgan fingerprint density at radius 3 is 2.81 bits per heavy atom. The normalized spacial score (nSPS) is 10.5. The van der Waals surface area contributed by atoms with Crippen LogP contribution in [0, 0.1) is 0 Å². The number of aryl methyl sites for hydroxylation is 1. The third-order valence-corrected chi connectivity index (χ3v) is 2.18. The SMILES string of the molecule is CC(C)OCCCNCc1ccnn1C.Cl. The molecule has 0 saturated heterocycles. The highest BCUT2D eigenvalue weighted by atomic mass is 35.5. The first-order chi connectivity index (χ1) is 7.20. The van der Waals surface area contributed by atoms with Gasteiger partial charge in [0.05, 0.1) is 11.8 Å². The van der Waals surface area contributed by atoms with Gasteiger partial charge in [-0.1, -0.05) is 0 Å². The third kappa shape index (κ3) is 6.10. The molecule has 0 atom stereocenters. The van der Waals surface area contributed by atoms with Crippen LogP contribution in [0.25, 0.3) is 0 Å².